The van der Waals surface area contributed by atoms with Crippen molar-refractivity contribution >= 4 is 0 Å². The maximum absolute atomic E-state index is 4.59. The summed E-state index contributed by atoms with van der Waals surface area (Å²) in [5.74, 6) is 0.956. The molecule has 0 bridgehead atoms. The Morgan fingerprint density at radius 1 is 1.12 bits per heavy atom. The summed E-state index contributed by atoms with van der Waals surface area (Å²) in [6, 6.07) is 8.43. The highest BCUT2D eigenvalue weighted by molar-refractivity contribution is 5.63. The van der Waals surface area contributed by atoms with Crippen LogP contribution in [0.25, 0.3) is 17.1 Å². The summed E-state index contributed by atoms with van der Waals surface area (Å²) in [6.45, 7) is 5.00. The Balaban J connectivity index is 1.65. The molecule has 7 nitrogen and oxygen atoms in total. The minimum Gasteiger partial charge on any atom is -0.326 e. The highest BCUT2D eigenvalue weighted by Gasteiger charge is 2.15. The third-order valence-corrected chi connectivity index (χ3v) is 4.28. The summed E-state index contributed by atoms with van der Waals surface area (Å²) >= 11 is 0. The van der Waals surface area contributed by atoms with Crippen molar-refractivity contribution in [2.45, 2.75) is 26.4 Å². The average Bonchev–Trinajstić information content (AvgIpc) is 3.36. The molecule has 0 spiro atoms. The van der Waals surface area contributed by atoms with Gasteiger partial charge in [0.25, 0.3) is 0 Å². The lowest BCUT2D eigenvalue weighted by Crippen LogP contribution is -2.14. The molecule has 0 N–H and O–H groups in total. The van der Waals surface area contributed by atoms with Crippen molar-refractivity contribution < 1.29 is 0 Å². The van der Waals surface area contributed by atoms with Gasteiger partial charge in [-0.2, -0.15) is 10.2 Å². The van der Waals surface area contributed by atoms with Crippen LogP contribution in [-0.2, 0) is 6.54 Å². The van der Waals surface area contributed by atoms with Gasteiger partial charge in [0, 0.05) is 30.4 Å². The van der Waals surface area contributed by atoms with E-state index in [1.807, 2.05) is 34.0 Å². The topological polar surface area (TPSA) is 66.3 Å². The number of benzene rings is 1. The molecule has 0 saturated carbocycles. The molecule has 0 amide bonds. The molecule has 0 aliphatic carbocycles. The number of hydrogen-bond donors (Lipinski definition) is 0. The lowest BCUT2D eigenvalue weighted by Gasteiger charge is -2.17. The summed E-state index contributed by atoms with van der Waals surface area (Å²) in [5.41, 5.74) is 3.32. The highest BCUT2D eigenvalue weighted by Crippen LogP contribution is 2.26. The van der Waals surface area contributed by atoms with Gasteiger partial charge in [-0.3, -0.25) is 4.68 Å². The molecular formula is C18H19N7. The van der Waals surface area contributed by atoms with Crippen molar-refractivity contribution in [1.29, 1.82) is 0 Å². The standard InChI is InChI=1S/C18H19N7/c1-14-10-16(25-8-3-6-21-25)4-5-17(14)18-20-7-9-24(18)15(2)11-23-13-19-12-22-23/h3-10,12-13,15H,11H2,1-2H3. The van der Waals surface area contributed by atoms with Crippen molar-refractivity contribution in [2.24, 2.45) is 0 Å². The van der Waals surface area contributed by atoms with Crippen molar-refractivity contribution in [1.82, 2.24) is 34.1 Å². The fraction of sp³-hybridized carbons (Fsp3) is 0.222. The Morgan fingerprint density at radius 3 is 2.76 bits per heavy atom. The predicted molar refractivity (Wildman–Crippen MR) is 94.3 cm³/mol. The van der Waals surface area contributed by atoms with Crippen LogP contribution in [0.4, 0.5) is 0 Å². The molecule has 1 aromatic carbocycles. The van der Waals surface area contributed by atoms with Crippen molar-refractivity contribution in [2.75, 3.05) is 0 Å². The zero-order chi connectivity index (χ0) is 17.2. The predicted octanol–water partition coefficient (Wildman–Crippen LogP) is 2.90. The van der Waals surface area contributed by atoms with E-state index in [-0.39, 0.29) is 6.04 Å². The monoisotopic (exact) mass is 333 g/mol. The summed E-state index contributed by atoms with van der Waals surface area (Å²) in [7, 11) is 0. The van der Waals surface area contributed by atoms with Gasteiger partial charge in [-0.15, -0.1) is 0 Å². The Labute approximate surface area is 145 Å². The lowest BCUT2D eigenvalue weighted by atomic mass is 10.1. The van der Waals surface area contributed by atoms with Gasteiger partial charge >= 0.3 is 0 Å². The third kappa shape index (κ3) is 2.96. The van der Waals surface area contributed by atoms with Crippen LogP contribution in [0.15, 0.2) is 61.7 Å². The molecule has 0 radical (unpaired) electrons. The quantitative estimate of drug-likeness (QED) is 0.563. The number of aromatic nitrogens is 7. The van der Waals surface area contributed by atoms with Gasteiger partial charge in [0.15, 0.2) is 0 Å². The molecule has 0 fully saturated rings. The van der Waals surface area contributed by atoms with E-state index in [0.717, 1.165) is 29.2 Å². The van der Waals surface area contributed by atoms with Crippen LogP contribution in [0.3, 0.4) is 0 Å². The van der Waals surface area contributed by atoms with Gasteiger partial charge in [-0.25, -0.2) is 14.6 Å². The fourth-order valence-electron chi connectivity index (χ4n) is 3.03. The lowest BCUT2D eigenvalue weighted by molar-refractivity contribution is 0.439. The fourth-order valence-corrected chi connectivity index (χ4v) is 3.03. The second-order valence-electron chi connectivity index (χ2n) is 6.07. The molecule has 4 rings (SSSR count). The Kier molecular flexibility index (Phi) is 3.89. The molecule has 3 heterocycles. The third-order valence-electron chi connectivity index (χ3n) is 4.28. The average molecular weight is 333 g/mol. The second-order valence-corrected chi connectivity index (χ2v) is 6.07. The first-order chi connectivity index (χ1) is 12.2. The van der Waals surface area contributed by atoms with E-state index < -0.39 is 0 Å². The van der Waals surface area contributed by atoms with E-state index in [4.69, 9.17) is 0 Å². The minimum absolute atomic E-state index is 0.212. The number of nitrogens with zero attached hydrogens (tertiary/aromatic N) is 7. The van der Waals surface area contributed by atoms with E-state index in [2.05, 4.69) is 56.8 Å². The number of aryl methyl sites for hydroxylation is 1. The maximum atomic E-state index is 4.59. The summed E-state index contributed by atoms with van der Waals surface area (Å²) in [6.07, 6.45) is 10.9. The molecule has 7 heteroatoms. The van der Waals surface area contributed by atoms with Crippen molar-refractivity contribution in [3.63, 3.8) is 0 Å². The zero-order valence-electron chi connectivity index (χ0n) is 14.2. The van der Waals surface area contributed by atoms with Gasteiger partial charge < -0.3 is 4.57 Å². The maximum Gasteiger partial charge on any atom is 0.140 e. The molecule has 25 heavy (non-hydrogen) atoms. The van der Waals surface area contributed by atoms with Gasteiger partial charge in [0.2, 0.25) is 0 Å². The van der Waals surface area contributed by atoms with Gasteiger partial charge in [0.1, 0.15) is 18.5 Å². The van der Waals surface area contributed by atoms with Gasteiger partial charge in [0.05, 0.1) is 18.3 Å². The first-order valence-electron chi connectivity index (χ1n) is 8.18. The molecule has 0 saturated heterocycles. The largest absolute Gasteiger partial charge is 0.326 e. The number of imidazole rings is 1. The van der Waals surface area contributed by atoms with Crippen molar-refractivity contribution in [3.05, 3.63) is 67.3 Å². The Hall–Kier alpha value is -3.22. The van der Waals surface area contributed by atoms with Crippen LogP contribution in [0.2, 0.25) is 0 Å². The molecule has 0 aliphatic rings. The molecule has 126 valence electrons. The molecule has 3 aromatic heterocycles. The van der Waals surface area contributed by atoms with E-state index in [0.29, 0.717) is 0 Å². The van der Waals surface area contributed by atoms with Crippen LogP contribution in [0, 0.1) is 6.92 Å². The van der Waals surface area contributed by atoms with Crippen LogP contribution in [-0.4, -0.2) is 34.1 Å². The van der Waals surface area contributed by atoms with E-state index in [9.17, 15) is 0 Å². The molecule has 1 unspecified atom stereocenters. The normalized spacial score (nSPS) is 12.4. The second kappa shape index (κ2) is 6.35. The van der Waals surface area contributed by atoms with Crippen LogP contribution in [0.1, 0.15) is 18.5 Å². The highest BCUT2D eigenvalue weighted by atomic mass is 15.3. The zero-order valence-corrected chi connectivity index (χ0v) is 14.2. The smallest absolute Gasteiger partial charge is 0.140 e. The number of rotatable bonds is 5. The van der Waals surface area contributed by atoms with E-state index >= 15 is 0 Å². The summed E-state index contributed by atoms with van der Waals surface area (Å²) in [5, 5.41) is 8.48. The minimum atomic E-state index is 0.212. The first-order valence-corrected chi connectivity index (χ1v) is 8.18. The molecular weight excluding hydrogens is 314 g/mol. The Morgan fingerprint density at radius 2 is 2.04 bits per heavy atom. The Bertz CT molecular complexity index is 951. The van der Waals surface area contributed by atoms with Gasteiger partial charge in [-0.05, 0) is 43.7 Å². The van der Waals surface area contributed by atoms with Crippen LogP contribution in [0.5, 0.6) is 0 Å². The summed E-state index contributed by atoms with van der Waals surface area (Å²) < 4.78 is 5.87. The molecule has 1 atom stereocenters. The van der Waals surface area contributed by atoms with Gasteiger partial charge in [-0.1, -0.05) is 0 Å². The van der Waals surface area contributed by atoms with E-state index in [1.165, 1.54) is 0 Å². The van der Waals surface area contributed by atoms with E-state index in [1.54, 1.807) is 18.9 Å². The van der Waals surface area contributed by atoms with Crippen molar-refractivity contribution in [3.8, 4) is 17.1 Å². The van der Waals surface area contributed by atoms with Crippen LogP contribution >= 0.6 is 0 Å². The molecule has 4 aromatic rings. The first kappa shape index (κ1) is 15.3. The SMILES string of the molecule is Cc1cc(-n2cccn2)ccc1-c1nccn1C(C)Cn1cncn1. The number of hydrogen-bond acceptors (Lipinski definition) is 4. The molecule has 0 aliphatic heterocycles. The van der Waals surface area contributed by atoms with Crippen LogP contribution < -0.4 is 0 Å². The summed E-state index contributed by atoms with van der Waals surface area (Å²) in [4.78, 5) is 8.59.